The predicted octanol–water partition coefficient (Wildman–Crippen LogP) is 1.49. The molecule has 3 heteroatoms. The molecule has 0 radical (unpaired) electrons. The molecule has 0 saturated carbocycles. The van der Waals surface area contributed by atoms with Crippen LogP contribution in [0.25, 0.3) is 0 Å². The molecule has 12 heavy (non-hydrogen) atoms. The van der Waals surface area contributed by atoms with E-state index in [4.69, 9.17) is 5.11 Å². The maximum Gasteiger partial charge on any atom is 0.0441 e. The van der Waals surface area contributed by atoms with Gasteiger partial charge in [-0.05, 0) is 19.4 Å². The summed E-state index contributed by atoms with van der Waals surface area (Å²) >= 11 is 1.93. The van der Waals surface area contributed by atoms with Gasteiger partial charge in [0, 0.05) is 24.2 Å². The van der Waals surface area contributed by atoms with Crippen LogP contribution in [0.2, 0.25) is 0 Å². The molecular formula is C9H21NOS. The van der Waals surface area contributed by atoms with Gasteiger partial charge in [-0.3, -0.25) is 0 Å². The molecule has 2 nitrogen and oxygen atoms in total. The van der Waals surface area contributed by atoms with Gasteiger partial charge in [-0.15, -0.1) is 0 Å². The second kappa shape index (κ2) is 9.36. The third-order valence-corrected chi connectivity index (χ3v) is 2.89. The van der Waals surface area contributed by atoms with Crippen molar-refractivity contribution in [1.82, 2.24) is 5.32 Å². The van der Waals surface area contributed by atoms with Crippen molar-refractivity contribution in [3.05, 3.63) is 0 Å². The molecule has 0 rings (SSSR count). The maximum atomic E-state index is 8.65. The standard InChI is InChI=1S/C9H21NOS/c1-3-5-10-6-8-12-9(2)4-7-11/h9-11H,3-8H2,1-2H3. The zero-order valence-corrected chi connectivity index (χ0v) is 8.99. The van der Waals surface area contributed by atoms with Crippen molar-refractivity contribution in [2.24, 2.45) is 0 Å². The van der Waals surface area contributed by atoms with Crippen molar-refractivity contribution >= 4 is 11.8 Å². The molecule has 0 heterocycles. The summed E-state index contributed by atoms with van der Waals surface area (Å²) in [7, 11) is 0. The van der Waals surface area contributed by atoms with Crippen LogP contribution in [0.3, 0.4) is 0 Å². The van der Waals surface area contributed by atoms with Crippen molar-refractivity contribution in [2.45, 2.75) is 31.9 Å². The van der Waals surface area contributed by atoms with Gasteiger partial charge < -0.3 is 10.4 Å². The van der Waals surface area contributed by atoms with Gasteiger partial charge in [-0.25, -0.2) is 0 Å². The molecule has 0 bridgehead atoms. The number of hydrogen-bond donors (Lipinski definition) is 2. The molecule has 0 aliphatic heterocycles. The zero-order chi connectivity index (χ0) is 9.23. The predicted molar refractivity (Wildman–Crippen MR) is 56.8 cm³/mol. The van der Waals surface area contributed by atoms with Gasteiger partial charge in [0.15, 0.2) is 0 Å². The fourth-order valence-corrected chi connectivity index (χ4v) is 1.84. The topological polar surface area (TPSA) is 32.3 Å². The van der Waals surface area contributed by atoms with E-state index in [0.29, 0.717) is 11.9 Å². The third kappa shape index (κ3) is 8.37. The lowest BCUT2D eigenvalue weighted by Gasteiger charge is -2.09. The summed E-state index contributed by atoms with van der Waals surface area (Å²) in [5.41, 5.74) is 0. The van der Waals surface area contributed by atoms with E-state index < -0.39 is 0 Å². The van der Waals surface area contributed by atoms with Crippen LogP contribution >= 0.6 is 11.8 Å². The summed E-state index contributed by atoms with van der Waals surface area (Å²) in [5, 5.41) is 12.6. The first-order valence-electron chi connectivity index (χ1n) is 4.74. The minimum Gasteiger partial charge on any atom is -0.396 e. The number of aliphatic hydroxyl groups excluding tert-OH is 1. The lowest BCUT2D eigenvalue weighted by molar-refractivity contribution is 0.289. The van der Waals surface area contributed by atoms with Crippen molar-refractivity contribution in [2.75, 3.05) is 25.4 Å². The van der Waals surface area contributed by atoms with Crippen molar-refractivity contribution in [3.8, 4) is 0 Å². The summed E-state index contributed by atoms with van der Waals surface area (Å²) < 4.78 is 0. The van der Waals surface area contributed by atoms with E-state index in [1.807, 2.05) is 11.8 Å². The lowest BCUT2D eigenvalue weighted by Crippen LogP contribution is -2.18. The molecule has 0 fully saturated rings. The molecule has 0 aromatic rings. The monoisotopic (exact) mass is 191 g/mol. The normalized spacial score (nSPS) is 13.2. The minimum atomic E-state index is 0.316. The van der Waals surface area contributed by atoms with E-state index in [9.17, 15) is 0 Å². The van der Waals surface area contributed by atoms with Crippen LogP contribution in [-0.2, 0) is 0 Å². The zero-order valence-electron chi connectivity index (χ0n) is 8.18. The summed E-state index contributed by atoms with van der Waals surface area (Å²) in [6.07, 6.45) is 2.12. The molecule has 74 valence electrons. The smallest absolute Gasteiger partial charge is 0.0441 e. The highest BCUT2D eigenvalue weighted by molar-refractivity contribution is 7.99. The Hall–Kier alpha value is 0.270. The van der Waals surface area contributed by atoms with E-state index >= 15 is 0 Å². The maximum absolute atomic E-state index is 8.65. The van der Waals surface area contributed by atoms with Gasteiger partial charge in [0.25, 0.3) is 0 Å². The average molecular weight is 191 g/mol. The van der Waals surface area contributed by atoms with E-state index in [1.165, 1.54) is 6.42 Å². The fraction of sp³-hybridized carbons (Fsp3) is 1.00. The highest BCUT2D eigenvalue weighted by Crippen LogP contribution is 2.11. The highest BCUT2D eigenvalue weighted by Gasteiger charge is 1.99. The molecule has 0 saturated heterocycles. The minimum absolute atomic E-state index is 0.316. The van der Waals surface area contributed by atoms with Crippen molar-refractivity contribution < 1.29 is 5.11 Å². The molecular weight excluding hydrogens is 170 g/mol. The third-order valence-electron chi connectivity index (χ3n) is 1.64. The van der Waals surface area contributed by atoms with Gasteiger partial charge in [0.1, 0.15) is 0 Å². The van der Waals surface area contributed by atoms with Gasteiger partial charge >= 0.3 is 0 Å². The van der Waals surface area contributed by atoms with Gasteiger partial charge in [-0.1, -0.05) is 13.8 Å². The van der Waals surface area contributed by atoms with Crippen LogP contribution in [0.15, 0.2) is 0 Å². The van der Waals surface area contributed by atoms with E-state index in [2.05, 4.69) is 19.2 Å². The molecule has 0 aromatic heterocycles. The average Bonchev–Trinajstić information content (AvgIpc) is 2.05. The molecule has 0 spiro atoms. The second-order valence-electron chi connectivity index (χ2n) is 2.94. The van der Waals surface area contributed by atoms with Crippen LogP contribution in [0.1, 0.15) is 26.7 Å². The number of rotatable bonds is 8. The van der Waals surface area contributed by atoms with Crippen LogP contribution in [-0.4, -0.2) is 35.8 Å². The number of hydrogen-bond acceptors (Lipinski definition) is 3. The largest absolute Gasteiger partial charge is 0.396 e. The summed E-state index contributed by atoms with van der Waals surface area (Å²) in [6.45, 7) is 6.87. The quantitative estimate of drug-likeness (QED) is 0.570. The Morgan fingerprint density at radius 3 is 2.75 bits per heavy atom. The van der Waals surface area contributed by atoms with Gasteiger partial charge in [0.05, 0.1) is 0 Å². The lowest BCUT2D eigenvalue weighted by atomic mass is 10.3. The first kappa shape index (κ1) is 12.3. The SMILES string of the molecule is CCCNCCSC(C)CCO. The molecule has 0 amide bonds. The number of thioether (sulfide) groups is 1. The van der Waals surface area contributed by atoms with Crippen LogP contribution in [0.4, 0.5) is 0 Å². The van der Waals surface area contributed by atoms with E-state index in [0.717, 1.165) is 25.3 Å². The van der Waals surface area contributed by atoms with Crippen molar-refractivity contribution in [1.29, 1.82) is 0 Å². The fourth-order valence-electron chi connectivity index (χ4n) is 0.899. The summed E-state index contributed by atoms with van der Waals surface area (Å²) in [5.74, 6) is 1.15. The van der Waals surface area contributed by atoms with Crippen LogP contribution in [0, 0.1) is 0 Å². The molecule has 0 aliphatic carbocycles. The number of aliphatic hydroxyl groups is 1. The first-order valence-corrected chi connectivity index (χ1v) is 5.79. The highest BCUT2D eigenvalue weighted by atomic mass is 32.2. The Labute approximate surface area is 80.1 Å². The van der Waals surface area contributed by atoms with E-state index in [-0.39, 0.29) is 0 Å². The Morgan fingerprint density at radius 1 is 1.42 bits per heavy atom. The Kier molecular flexibility index (Phi) is 9.57. The van der Waals surface area contributed by atoms with Crippen molar-refractivity contribution in [3.63, 3.8) is 0 Å². The molecule has 0 aliphatic rings. The second-order valence-corrected chi connectivity index (χ2v) is 4.49. The van der Waals surface area contributed by atoms with E-state index in [1.54, 1.807) is 0 Å². The molecule has 0 aromatic carbocycles. The summed E-state index contributed by atoms with van der Waals surface area (Å²) in [6, 6.07) is 0. The van der Waals surface area contributed by atoms with Gasteiger partial charge in [-0.2, -0.15) is 11.8 Å². The van der Waals surface area contributed by atoms with Crippen LogP contribution < -0.4 is 5.32 Å². The Balaban J connectivity index is 2.97. The number of nitrogens with one attached hydrogen (secondary N) is 1. The first-order chi connectivity index (χ1) is 5.81. The molecule has 2 N–H and O–H groups in total. The Bertz CT molecular complexity index is 90.6. The summed E-state index contributed by atoms with van der Waals surface area (Å²) in [4.78, 5) is 0. The molecule has 1 atom stereocenters. The van der Waals surface area contributed by atoms with Crippen LogP contribution in [0.5, 0.6) is 0 Å². The Morgan fingerprint density at radius 2 is 2.17 bits per heavy atom. The molecule has 1 unspecified atom stereocenters. The van der Waals surface area contributed by atoms with Gasteiger partial charge in [0.2, 0.25) is 0 Å².